The van der Waals surface area contributed by atoms with Crippen LogP contribution in [0.25, 0.3) is 0 Å². The van der Waals surface area contributed by atoms with Gasteiger partial charge in [0, 0.05) is 23.9 Å². The minimum Gasteiger partial charge on any atom is -0.381 e. The fourth-order valence-corrected chi connectivity index (χ4v) is 2.26. The van der Waals surface area contributed by atoms with Crippen LogP contribution in [0.1, 0.15) is 32.6 Å². The molecule has 0 aromatic carbocycles. The molecule has 1 unspecified atom stereocenters. The highest BCUT2D eigenvalue weighted by Gasteiger charge is 2.21. The third-order valence-electron chi connectivity index (χ3n) is 2.66. The summed E-state index contributed by atoms with van der Waals surface area (Å²) in [5.41, 5.74) is 0. The molecule has 0 spiro atoms. The number of halogens is 1. The van der Waals surface area contributed by atoms with Crippen molar-refractivity contribution in [3.63, 3.8) is 0 Å². The summed E-state index contributed by atoms with van der Waals surface area (Å²) in [6.45, 7) is 3.64. The third-order valence-corrected chi connectivity index (χ3v) is 3.85. The molecule has 0 aromatic rings. The van der Waals surface area contributed by atoms with Crippen LogP contribution in [0.2, 0.25) is 0 Å². The van der Waals surface area contributed by atoms with Gasteiger partial charge in [0.15, 0.2) is 0 Å². The van der Waals surface area contributed by atoms with E-state index in [1.807, 2.05) is 6.92 Å². The highest BCUT2D eigenvalue weighted by Crippen LogP contribution is 2.28. The molecule has 1 aliphatic carbocycles. The zero-order chi connectivity index (χ0) is 11.3. The average Bonchev–Trinajstić information content (AvgIpc) is 2.91. The van der Waals surface area contributed by atoms with Gasteiger partial charge >= 0.3 is 0 Å². The fourth-order valence-electron chi connectivity index (χ4n) is 1.31. The third kappa shape index (κ3) is 8.05. The van der Waals surface area contributed by atoms with Gasteiger partial charge in [0.2, 0.25) is 9.05 Å². The van der Waals surface area contributed by atoms with Crippen LogP contribution in [-0.2, 0) is 13.8 Å². The molecule has 3 nitrogen and oxygen atoms in total. The molecular weight excluding hydrogens is 236 g/mol. The molecule has 0 aromatic heterocycles. The maximum atomic E-state index is 10.7. The summed E-state index contributed by atoms with van der Waals surface area (Å²) < 4.78 is 26.9. The van der Waals surface area contributed by atoms with E-state index in [-0.39, 0.29) is 5.75 Å². The lowest BCUT2D eigenvalue weighted by atomic mass is 10.1. The lowest BCUT2D eigenvalue weighted by Crippen LogP contribution is -2.08. The first kappa shape index (κ1) is 13.3. The average molecular weight is 255 g/mol. The summed E-state index contributed by atoms with van der Waals surface area (Å²) in [7, 11) is 1.81. The van der Waals surface area contributed by atoms with Gasteiger partial charge < -0.3 is 4.74 Å². The fraction of sp³-hybridized carbons (Fsp3) is 1.00. The number of hydrogen-bond donors (Lipinski definition) is 0. The Morgan fingerprint density at radius 2 is 2.07 bits per heavy atom. The van der Waals surface area contributed by atoms with E-state index in [0.717, 1.165) is 25.6 Å². The summed E-state index contributed by atoms with van der Waals surface area (Å²) in [6, 6.07) is 0. The molecule has 0 radical (unpaired) electrons. The summed E-state index contributed by atoms with van der Waals surface area (Å²) >= 11 is 0. The van der Waals surface area contributed by atoms with E-state index in [1.54, 1.807) is 0 Å². The van der Waals surface area contributed by atoms with Crippen LogP contribution in [0.5, 0.6) is 0 Å². The standard InChI is InChI=1S/C10H19ClO3S/c1-9(5-7-15(11,12)13)4-6-14-8-10-2-3-10/h9-10H,2-8H2,1H3. The van der Waals surface area contributed by atoms with Crippen molar-refractivity contribution in [2.24, 2.45) is 11.8 Å². The van der Waals surface area contributed by atoms with E-state index in [4.69, 9.17) is 15.4 Å². The summed E-state index contributed by atoms with van der Waals surface area (Å²) in [5.74, 6) is 1.22. The Kier molecular flexibility index (Phi) is 5.36. The first-order chi connectivity index (χ1) is 6.97. The molecule has 0 saturated heterocycles. The van der Waals surface area contributed by atoms with Crippen molar-refractivity contribution in [3.05, 3.63) is 0 Å². The monoisotopic (exact) mass is 254 g/mol. The SMILES string of the molecule is CC(CCOCC1CC1)CCS(=O)(=O)Cl. The van der Waals surface area contributed by atoms with Crippen LogP contribution in [0.15, 0.2) is 0 Å². The largest absolute Gasteiger partial charge is 0.381 e. The minimum atomic E-state index is -3.32. The highest BCUT2D eigenvalue weighted by atomic mass is 35.7. The van der Waals surface area contributed by atoms with Crippen LogP contribution in [-0.4, -0.2) is 27.4 Å². The van der Waals surface area contributed by atoms with Gasteiger partial charge in [0.25, 0.3) is 0 Å². The molecular formula is C10H19ClO3S. The Morgan fingerprint density at radius 1 is 1.40 bits per heavy atom. The number of hydrogen-bond acceptors (Lipinski definition) is 3. The molecule has 1 atom stereocenters. The Hall–Kier alpha value is 0.200. The minimum absolute atomic E-state index is 0.0678. The van der Waals surface area contributed by atoms with Crippen LogP contribution < -0.4 is 0 Å². The summed E-state index contributed by atoms with van der Waals surface area (Å²) in [5, 5.41) is 0. The van der Waals surface area contributed by atoms with Crippen molar-refractivity contribution in [1.29, 1.82) is 0 Å². The maximum Gasteiger partial charge on any atom is 0.232 e. The molecule has 1 rings (SSSR count). The highest BCUT2D eigenvalue weighted by molar-refractivity contribution is 8.13. The van der Waals surface area contributed by atoms with Crippen molar-refractivity contribution in [2.75, 3.05) is 19.0 Å². The van der Waals surface area contributed by atoms with Gasteiger partial charge in [-0.05, 0) is 37.5 Å². The zero-order valence-corrected chi connectivity index (χ0v) is 10.7. The molecule has 15 heavy (non-hydrogen) atoms. The normalized spacial score (nSPS) is 19.1. The zero-order valence-electron chi connectivity index (χ0n) is 9.12. The molecule has 0 amide bonds. The van der Waals surface area contributed by atoms with Gasteiger partial charge in [-0.2, -0.15) is 0 Å². The molecule has 1 aliphatic rings. The molecule has 0 bridgehead atoms. The van der Waals surface area contributed by atoms with Crippen LogP contribution in [0.3, 0.4) is 0 Å². The second-order valence-electron chi connectivity index (χ2n) is 4.44. The molecule has 0 N–H and O–H groups in total. The van der Waals surface area contributed by atoms with E-state index in [0.29, 0.717) is 12.3 Å². The van der Waals surface area contributed by atoms with E-state index < -0.39 is 9.05 Å². The van der Waals surface area contributed by atoms with Crippen molar-refractivity contribution < 1.29 is 13.2 Å². The second-order valence-corrected chi connectivity index (χ2v) is 7.34. The maximum absolute atomic E-state index is 10.7. The Bertz CT molecular complexity index is 272. The van der Waals surface area contributed by atoms with Crippen molar-refractivity contribution in [2.45, 2.75) is 32.6 Å². The molecule has 0 aliphatic heterocycles. The van der Waals surface area contributed by atoms with Crippen molar-refractivity contribution in [3.8, 4) is 0 Å². The van der Waals surface area contributed by atoms with Gasteiger partial charge in [-0.25, -0.2) is 8.42 Å². The van der Waals surface area contributed by atoms with Crippen LogP contribution in [0.4, 0.5) is 0 Å². The van der Waals surface area contributed by atoms with Gasteiger partial charge in [-0.1, -0.05) is 6.92 Å². The first-order valence-corrected chi connectivity index (χ1v) is 7.95. The van der Waals surface area contributed by atoms with E-state index in [9.17, 15) is 8.42 Å². The summed E-state index contributed by atoms with van der Waals surface area (Å²) in [4.78, 5) is 0. The molecule has 1 fully saturated rings. The lowest BCUT2D eigenvalue weighted by molar-refractivity contribution is 0.112. The molecule has 0 heterocycles. The molecule has 1 saturated carbocycles. The first-order valence-electron chi connectivity index (χ1n) is 5.47. The molecule has 90 valence electrons. The number of ether oxygens (including phenoxy) is 1. The van der Waals surface area contributed by atoms with Crippen LogP contribution in [0, 0.1) is 11.8 Å². The predicted molar refractivity (Wildman–Crippen MR) is 61.6 cm³/mol. The molecule has 5 heteroatoms. The van der Waals surface area contributed by atoms with Gasteiger partial charge in [-0.3, -0.25) is 0 Å². The Labute approximate surface area is 96.6 Å². The van der Waals surface area contributed by atoms with Gasteiger partial charge in [-0.15, -0.1) is 0 Å². The lowest BCUT2D eigenvalue weighted by Gasteiger charge is -2.10. The van der Waals surface area contributed by atoms with Crippen molar-refractivity contribution in [1.82, 2.24) is 0 Å². The van der Waals surface area contributed by atoms with Gasteiger partial charge in [0.1, 0.15) is 0 Å². The smallest absolute Gasteiger partial charge is 0.232 e. The predicted octanol–water partition coefficient (Wildman–Crippen LogP) is 2.40. The Balaban J connectivity index is 1.94. The second kappa shape index (κ2) is 6.06. The Morgan fingerprint density at radius 3 is 2.60 bits per heavy atom. The summed E-state index contributed by atoms with van der Waals surface area (Å²) in [6.07, 6.45) is 4.15. The van der Waals surface area contributed by atoms with Crippen LogP contribution >= 0.6 is 10.7 Å². The quantitative estimate of drug-likeness (QED) is 0.494. The topological polar surface area (TPSA) is 43.4 Å². The van der Waals surface area contributed by atoms with E-state index in [2.05, 4.69) is 0 Å². The van der Waals surface area contributed by atoms with Gasteiger partial charge in [0.05, 0.1) is 5.75 Å². The van der Waals surface area contributed by atoms with E-state index >= 15 is 0 Å². The number of rotatable bonds is 8. The van der Waals surface area contributed by atoms with E-state index in [1.165, 1.54) is 12.8 Å². The van der Waals surface area contributed by atoms with Crippen molar-refractivity contribution >= 4 is 19.7 Å².